The number of benzene rings is 1. The fourth-order valence-electron chi connectivity index (χ4n) is 3.17. The van der Waals surface area contributed by atoms with Gasteiger partial charge in [-0.15, -0.1) is 0 Å². The number of fused-ring (bicyclic) bond motifs is 1. The molecule has 0 atom stereocenters. The molecule has 2 amide bonds. The third kappa shape index (κ3) is 4.06. The predicted molar refractivity (Wildman–Crippen MR) is 93.2 cm³/mol. The maximum Gasteiger partial charge on any atom is 0.235 e. The van der Waals surface area contributed by atoms with E-state index in [1.54, 1.807) is 13.8 Å². The number of hydrogen-bond donors (Lipinski definition) is 2. The molecule has 1 aliphatic heterocycles. The molecule has 6 nitrogen and oxygen atoms in total. The summed E-state index contributed by atoms with van der Waals surface area (Å²) in [5.41, 5.74) is -0.200. The quantitative estimate of drug-likeness (QED) is 0.803. The molecule has 0 spiro atoms. The second kappa shape index (κ2) is 7.33. The Hall–Kier alpha value is -2.24. The van der Waals surface area contributed by atoms with Gasteiger partial charge in [-0.1, -0.05) is 25.3 Å². The van der Waals surface area contributed by atoms with Crippen LogP contribution in [0.25, 0.3) is 0 Å². The van der Waals surface area contributed by atoms with Crippen LogP contribution in [-0.2, 0) is 16.1 Å². The molecule has 136 valence electrons. The largest absolute Gasteiger partial charge is 0.454 e. The van der Waals surface area contributed by atoms with E-state index in [0.717, 1.165) is 31.2 Å². The van der Waals surface area contributed by atoms with Crippen molar-refractivity contribution in [2.45, 2.75) is 58.5 Å². The fourth-order valence-corrected chi connectivity index (χ4v) is 3.17. The lowest BCUT2D eigenvalue weighted by atomic mass is 9.89. The maximum atomic E-state index is 12.5. The van der Waals surface area contributed by atoms with Crippen molar-refractivity contribution < 1.29 is 19.1 Å². The minimum atomic E-state index is -1.10. The lowest BCUT2D eigenvalue weighted by Crippen LogP contribution is -2.50. The van der Waals surface area contributed by atoms with Crippen LogP contribution in [0.15, 0.2) is 18.2 Å². The zero-order valence-corrected chi connectivity index (χ0v) is 14.9. The monoisotopic (exact) mass is 346 g/mol. The summed E-state index contributed by atoms with van der Waals surface area (Å²) >= 11 is 0. The number of carbonyl (C=O) groups is 2. The highest BCUT2D eigenvalue weighted by molar-refractivity contribution is 6.04. The summed E-state index contributed by atoms with van der Waals surface area (Å²) in [6.45, 7) is 3.90. The van der Waals surface area contributed by atoms with E-state index < -0.39 is 5.41 Å². The number of hydrogen-bond acceptors (Lipinski definition) is 4. The molecular formula is C19H26N2O4. The molecule has 2 N–H and O–H groups in total. The van der Waals surface area contributed by atoms with Gasteiger partial charge >= 0.3 is 0 Å². The Balaban J connectivity index is 1.54. The van der Waals surface area contributed by atoms with Crippen molar-refractivity contribution in [1.82, 2.24) is 10.6 Å². The van der Waals surface area contributed by atoms with Gasteiger partial charge in [0.15, 0.2) is 11.5 Å². The summed E-state index contributed by atoms with van der Waals surface area (Å²) < 4.78 is 10.6. The summed E-state index contributed by atoms with van der Waals surface area (Å²) in [6.07, 6.45) is 5.51. The van der Waals surface area contributed by atoms with Gasteiger partial charge in [0.2, 0.25) is 18.6 Å². The van der Waals surface area contributed by atoms with Gasteiger partial charge in [-0.25, -0.2) is 0 Å². The van der Waals surface area contributed by atoms with Gasteiger partial charge in [-0.2, -0.15) is 0 Å². The van der Waals surface area contributed by atoms with Crippen molar-refractivity contribution in [3.8, 4) is 11.5 Å². The van der Waals surface area contributed by atoms with Crippen LogP contribution in [0, 0.1) is 5.41 Å². The van der Waals surface area contributed by atoms with E-state index in [1.165, 1.54) is 6.42 Å². The molecule has 1 aromatic carbocycles. The number of carbonyl (C=O) groups excluding carboxylic acids is 2. The van der Waals surface area contributed by atoms with E-state index in [2.05, 4.69) is 10.6 Å². The predicted octanol–water partition coefficient (Wildman–Crippen LogP) is 2.51. The maximum absolute atomic E-state index is 12.5. The van der Waals surface area contributed by atoms with E-state index >= 15 is 0 Å². The number of amides is 2. The van der Waals surface area contributed by atoms with Gasteiger partial charge in [-0.3, -0.25) is 9.59 Å². The average molecular weight is 346 g/mol. The highest BCUT2D eigenvalue weighted by Gasteiger charge is 2.37. The number of nitrogens with one attached hydrogen (secondary N) is 2. The molecular weight excluding hydrogens is 320 g/mol. The van der Waals surface area contributed by atoms with Crippen LogP contribution in [-0.4, -0.2) is 24.6 Å². The summed E-state index contributed by atoms with van der Waals surface area (Å²) in [5.74, 6) is 0.907. The Morgan fingerprint density at radius 1 is 1.08 bits per heavy atom. The van der Waals surface area contributed by atoms with E-state index in [0.29, 0.717) is 18.0 Å². The normalized spacial score (nSPS) is 17.2. The molecule has 0 aromatic heterocycles. The molecule has 3 rings (SSSR count). The van der Waals surface area contributed by atoms with Gasteiger partial charge in [0.25, 0.3) is 0 Å². The first kappa shape index (κ1) is 17.6. The molecule has 1 aromatic rings. The zero-order chi connectivity index (χ0) is 17.9. The Morgan fingerprint density at radius 2 is 1.80 bits per heavy atom. The van der Waals surface area contributed by atoms with Crippen LogP contribution in [0.5, 0.6) is 11.5 Å². The molecule has 0 saturated heterocycles. The zero-order valence-electron chi connectivity index (χ0n) is 14.9. The summed E-state index contributed by atoms with van der Waals surface area (Å²) in [7, 11) is 0. The molecule has 0 radical (unpaired) electrons. The van der Waals surface area contributed by atoms with Gasteiger partial charge in [-0.05, 0) is 44.4 Å². The summed E-state index contributed by atoms with van der Waals surface area (Å²) in [5, 5.41) is 5.89. The third-order valence-electron chi connectivity index (χ3n) is 4.97. The minimum absolute atomic E-state index is 0.196. The fraction of sp³-hybridized carbons (Fsp3) is 0.579. The molecule has 6 heteroatoms. The van der Waals surface area contributed by atoms with Crippen molar-refractivity contribution in [2.24, 2.45) is 5.41 Å². The van der Waals surface area contributed by atoms with Gasteiger partial charge in [0, 0.05) is 12.6 Å². The van der Waals surface area contributed by atoms with Crippen LogP contribution in [0.2, 0.25) is 0 Å². The Kier molecular flexibility index (Phi) is 5.16. The second-order valence-electron chi connectivity index (χ2n) is 7.30. The van der Waals surface area contributed by atoms with Crippen molar-refractivity contribution in [3.05, 3.63) is 23.8 Å². The smallest absolute Gasteiger partial charge is 0.235 e. The Morgan fingerprint density at radius 3 is 2.56 bits per heavy atom. The van der Waals surface area contributed by atoms with E-state index in [4.69, 9.17) is 9.47 Å². The molecule has 1 saturated carbocycles. The molecule has 1 heterocycles. The topological polar surface area (TPSA) is 76.7 Å². The van der Waals surface area contributed by atoms with E-state index in [9.17, 15) is 9.59 Å². The average Bonchev–Trinajstić information content (AvgIpc) is 3.08. The van der Waals surface area contributed by atoms with Crippen LogP contribution in [0.3, 0.4) is 0 Å². The minimum Gasteiger partial charge on any atom is -0.454 e. The summed E-state index contributed by atoms with van der Waals surface area (Å²) in [4.78, 5) is 25.1. The lowest BCUT2D eigenvalue weighted by Gasteiger charge is -2.28. The highest BCUT2D eigenvalue weighted by Crippen LogP contribution is 2.32. The first-order valence-electron chi connectivity index (χ1n) is 8.94. The standard InChI is InChI=1S/C19H26N2O4/c1-19(2,18(23)21-14-6-4-3-5-7-14)17(22)20-11-13-8-9-15-16(10-13)25-12-24-15/h8-10,14H,3-7,11-12H2,1-2H3,(H,20,22)(H,21,23). The van der Waals surface area contributed by atoms with Gasteiger partial charge in [0.1, 0.15) is 5.41 Å². The van der Waals surface area contributed by atoms with Crippen molar-refractivity contribution in [2.75, 3.05) is 6.79 Å². The van der Waals surface area contributed by atoms with E-state index in [1.807, 2.05) is 18.2 Å². The molecule has 0 bridgehead atoms. The van der Waals surface area contributed by atoms with Crippen LogP contribution in [0.1, 0.15) is 51.5 Å². The summed E-state index contributed by atoms with van der Waals surface area (Å²) in [6, 6.07) is 5.74. The van der Waals surface area contributed by atoms with Crippen LogP contribution < -0.4 is 20.1 Å². The molecule has 25 heavy (non-hydrogen) atoms. The van der Waals surface area contributed by atoms with Crippen molar-refractivity contribution in [3.63, 3.8) is 0 Å². The third-order valence-corrected chi connectivity index (χ3v) is 4.97. The number of rotatable bonds is 5. The molecule has 0 unspecified atom stereocenters. The van der Waals surface area contributed by atoms with E-state index in [-0.39, 0.29) is 24.6 Å². The van der Waals surface area contributed by atoms with Gasteiger partial charge in [0.05, 0.1) is 0 Å². The SMILES string of the molecule is CC(C)(C(=O)NCc1ccc2c(c1)OCO2)C(=O)NC1CCCCC1. The van der Waals surface area contributed by atoms with Crippen LogP contribution in [0.4, 0.5) is 0 Å². The van der Waals surface area contributed by atoms with Crippen LogP contribution >= 0.6 is 0 Å². The van der Waals surface area contributed by atoms with Crippen molar-refractivity contribution in [1.29, 1.82) is 0 Å². The Labute approximate surface area is 148 Å². The Bertz CT molecular complexity index is 651. The molecule has 1 fully saturated rings. The highest BCUT2D eigenvalue weighted by atomic mass is 16.7. The molecule has 2 aliphatic rings. The number of ether oxygens (including phenoxy) is 2. The lowest BCUT2D eigenvalue weighted by molar-refractivity contribution is -0.142. The van der Waals surface area contributed by atoms with Gasteiger partial charge < -0.3 is 20.1 Å². The first-order chi connectivity index (χ1) is 12.0. The van der Waals surface area contributed by atoms with Crippen molar-refractivity contribution >= 4 is 11.8 Å². The first-order valence-corrected chi connectivity index (χ1v) is 8.94. The second-order valence-corrected chi connectivity index (χ2v) is 7.30. The molecule has 1 aliphatic carbocycles.